The van der Waals surface area contributed by atoms with Gasteiger partial charge in [-0.1, -0.05) is 59.3 Å². The zero-order valence-corrected chi connectivity index (χ0v) is 20.3. The smallest absolute Gasteiger partial charge is 0.338 e. The lowest BCUT2D eigenvalue weighted by Gasteiger charge is -2.42. The number of aliphatic hydroxyl groups excluding tert-OH is 1. The van der Waals surface area contributed by atoms with Crippen molar-refractivity contribution in [2.24, 2.45) is 0 Å². The Labute approximate surface area is 208 Å². The molecule has 0 spiro atoms. The summed E-state index contributed by atoms with van der Waals surface area (Å²) in [7, 11) is 0. The van der Waals surface area contributed by atoms with Gasteiger partial charge in [-0.05, 0) is 42.5 Å². The SMILES string of the molecule is Cc1ccc([C@H]2C[C@H](O)[C@@H](n3cc(COC(=O)c4ccccc4)nn3)CN2Cc2cccs2)cc1. The third-order valence-electron chi connectivity index (χ3n) is 6.43. The number of ether oxygens (including phenoxy) is 1. The van der Waals surface area contributed by atoms with Crippen LogP contribution in [0.1, 0.15) is 50.6 Å². The Bertz CT molecular complexity index is 1240. The normalized spacial score (nSPS) is 20.6. The second-order valence-electron chi connectivity index (χ2n) is 8.94. The van der Waals surface area contributed by atoms with Crippen LogP contribution >= 0.6 is 11.3 Å². The highest BCUT2D eigenvalue weighted by atomic mass is 32.1. The van der Waals surface area contributed by atoms with Crippen molar-refractivity contribution in [1.82, 2.24) is 19.9 Å². The maximum absolute atomic E-state index is 12.2. The number of nitrogens with zero attached hydrogens (tertiary/aromatic N) is 4. The zero-order chi connectivity index (χ0) is 24.2. The summed E-state index contributed by atoms with van der Waals surface area (Å²) in [6.07, 6.45) is 1.78. The van der Waals surface area contributed by atoms with Gasteiger partial charge in [-0.3, -0.25) is 4.90 Å². The highest BCUT2D eigenvalue weighted by Crippen LogP contribution is 2.37. The molecule has 180 valence electrons. The van der Waals surface area contributed by atoms with Gasteiger partial charge in [-0.15, -0.1) is 16.4 Å². The molecular weight excluding hydrogens is 460 g/mol. The Kier molecular flexibility index (Phi) is 7.03. The average Bonchev–Trinajstić information content (AvgIpc) is 3.57. The Morgan fingerprint density at radius 1 is 1.11 bits per heavy atom. The number of thiophene rings is 1. The molecule has 0 bridgehead atoms. The van der Waals surface area contributed by atoms with Crippen LogP contribution in [0, 0.1) is 6.92 Å². The first-order valence-corrected chi connectivity index (χ1v) is 12.6. The van der Waals surface area contributed by atoms with Gasteiger partial charge < -0.3 is 9.84 Å². The molecule has 2 aromatic carbocycles. The van der Waals surface area contributed by atoms with Crippen LogP contribution in [-0.2, 0) is 17.9 Å². The third kappa shape index (κ3) is 5.51. The maximum Gasteiger partial charge on any atom is 0.338 e. The number of hydrogen-bond acceptors (Lipinski definition) is 7. The van der Waals surface area contributed by atoms with E-state index >= 15 is 0 Å². The number of benzene rings is 2. The molecule has 1 fully saturated rings. The van der Waals surface area contributed by atoms with Gasteiger partial charge in [0, 0.05) is 24.0 Å². The second kappa shape index (κ2) is 10.5. The first kappa shape index (κ1) is 23.4. The Morgan fingerprint density at radius 3 is 2.66 bits per heavy atom. The second-order valence-corrected chi connectivity index (χ2v) is 9.97. The molecule has 4 aromatic rings. The number of carbonyl (C=O) groups is 1. The van der Waals surface area contributed by atoms with E-state index < -0.39 is 12.1 Å². The van der Waals surface area contributed by atoms with Gasteiger partial charge in [0.2, 0.25) is 0 Å². The Hall–Kier alpha value is -3.33. The lowest BCUT2D eigenvalue weighted by Crippen LogP contribution is -2.45. The van der Waals surface area contributed by atoms with Gasteiger partial charge in [0.15, 0.2) is 0 Å². The lowest BCUT2D eigenvalue weighted by molar-refractivity contribution is -0.0105. The molecular formula is C27H28N4O3S. The molecule has 8 heteroatoms. The quantitative estimate of drug-likeness (QED) is 0.384. The zero-order valence-electron chi connectivity index (χ0n) is 19.5. The fourth-order valence-corrected chi connectivity index (χ4v) is 5.27. The van der Waals surface area contributed by atoms with Crippen molar-refractivity contribution in [3.63, 3.8) is 0 Å². The first-order valence-electron chi connectivity index (χ1n) is 11.7. The first-order chi connectivity index (χ1) is 17.1. The topological polar surface area (TPSA) is 80.5 Å². The van der Waals surface area contributed by atoms with E-state index in [1.54, 1.807) is 46.5 Å². The Balaban J connectivity index is 1.30. The molecule has 3 atom stereocenters. The number of esters is 1. The van der Waals surface area contributed by atoms with E-state index in [1.807, 2.05) is 6.07 Å². The van der Waals surface area contributed by atoms with Gasteiger partial charge in [0.05, 0.1) is 23.9 Å². The van der Waals surface area contributed by atoms with Crippen LogP contribution in [0.2, 0.25) is 0 Å². The molecule has 5 rings (SSSR count). The van der Waals surface area contributed by atoms with Gasteiger partial charge in [0.25, 0.3) is 0 Å². The van der Waals surface area contributed by atoms with Crippen molar-refractivity contribution in [3.05, 3.63) is 106 Å². The van der Waals surface area contributed by atoms with E-state index in [2.05, 4.69) is 63.9 Å². The van der Waals surface area contributed by atoms with Crippen molar-refractivity contribution in [1.29, 1.82) is 0 Å². The maximum atomic E-state index is 12.2. The number of hydrogen-bond donors (Lipinski definition) is 1. The van der Waals surface area contributed by atoms with Crippen molar-refractivity contribution in [2.75, 3.05) is 6.54 Å². The summed E-state index contributed by atoms with van der Waals surface area (Å²) in [4.78, 5) is 15.9. The van der Waals surface area contributed by atoms with E-state index in [0.29, 0.717) is 24.2 Å². The van der Waals surface area contributed by atoms with E-state index in [-0.39, 0.29) is 18.7 Å². The summed E-state index contributed by atoms with van der Waals surface area (Å²) in [6, 6.07) is 21.5. The minimum absolute atomic E-state index is 0.0292. The molecule has 1 saturated heterocycles. The summed E-state index contributed by atoms with van der Waals surface area (Å²) < 4.78 is 7.10. The molecule has 0 unspecified atom stereocenters. The molecule has 0 aliphatic carbocycles. The molecule has 1 aliphatic rings. The minimum atomic E-state index is -0.581. The van der Waals surface area contributed by atoms with E-state index in [1.165, 1.54) is 16.0 Å². The van der Waals surface area contributed by atoms with Crippen molar-refractivity contribution >= 4 is 17.3 Å². The Morgan fingerprint density at radius 2 is 1.91 bits per heavy atom. The fraction of sp³-hybridized carbons (Fsp3) is 0.296. The third-order valence-corrected chi connectivity index (χ3v) is 7.29. The van der Waals surface area contributed by atoms with Crippen LogP contribution < -0.4 is 0 Å². The number of piperidine rings is 1. The van der Waals surface area contributed by atoms with Crippen molar-refractivity contribution in [2.45, 2.75) is 44.7 Å². The molecule has 0 saturated carbocycles. The van der Waals surface area contributed by atoms with Crippen LogP contribution in [-0.4, -0.2) is 43.6 Å². The number of carbonyl (C=O) groups excluding carboxylic acids is 1. The van der Waals surface area contributed by atoms with Gasteiger partial charge in [0.1, 0.15) is 12.3 Å². The number of aromatic nitrogens is 3. The van der Waals surface area contributed by atoms with Crippen LogP contribution in [0.3, 0.4) is 0 Å². The molecule has 0 radical (unpaired) electrons. The predicted molar refractivity (Wildman–Crippen MR) is 134 cm³/mol. The van der Waals surface area contributed by atoms with Crippen LogP contribution in [0.4, 0.5) is 0 Å². The molecule has 1 N–H and O–H groups in total. The van der Waals surface area contributed by atoms with E-state index in [4.69, 9.17) is 4.74 Å². The number of aliphatic hydroxyl groups is 1. The highest BCUT2D eigenvalue weighted by Gasteiger charge is 2.37. The van der Waals surface area contributed by atoms with Crippen molar-refractivity contribution in [3.8, 4) is 0 Å². The summed E-state index contributed by atoms with van der Waals surface area (Å²) >= 11 is 1.74. The summed E-state index contributed by atoms with van der Waals surface area (Å²) in [5.41, 5.74) is 3.47. The molecule has 2 aromatic heterocycles. The molecule has 0 amide bonds. The van der Waals surface area contributed by atoms with Crippen LogP contribution in [0.5, 0.6) is 0 Å². The fourth-order valence-electron chi connectivity index (χ4n) is 4.54. The van der Waals surface area contributed by atoms with Gasteiger partial charge in [-0.25, -0.2) is 9.48 Å². The number of likely N-dealkylation sites (tertiary alicyclic amines) is 1. The standard InChI is InChI=1S/C27H28N4O3S/c1-19-9-11-20(12-10-19)24-14-26(32)25(17-30(24)16-23-8-5-13-35-23)31-15-22(28-29-31)18-34-27(33)21-6-3-2-4-7-21/h2-13,15,24-26,32H,14,16-18H2,1H3/t24-,25+,26+/m1/s1. The summed E-state index contributed by atoms with van der Waals surface area (Å²) in [5.74, 6) is -0.402. The largest absolute Gasteiger partial charge is 0.455 e. The summed E-state index contributed by atoms with van der Waals surface area (Å²) in [5, 5.41) is 21.7. The van der Waals surface area contributed by atoms with E-state index in [9.17, 15) is 9.90 Å². The van der Waals surface area contributed by atoms with Crippen LogP contribution in [0.25, 0.3) is 0 Å². The number of rotatable bonds is 7. The average molecular weight is 489 g/mol. The molecule has 7 nitrogen and oxygen atoms in total. The highest BCUT2D eigenvalue weighted by molar-refractivity contribution is 7.09. The van der Waals surface area contributed by atoms with Gasteiger partial charge >= 0.3 is 5.97 Å². The molecule has 1 aliphatic heterocycles. The van der Waals surface area contributed by atoms with Gasteiger partial charge in [-0.2, -0.15) is 0 Å². The van der Waals surface area contributed by atoms with Crippen LogP contribution in [0.15, 0.2) is 78.3 Å². The minimum Gasteiger partial charge on any atom is -0.455 e. The molecule has 35 heavy (non-hydrogen) atoms. The lowest BCUT2D eigenvalue weighted by atomic mass is 9.90. The molecule has 3 heterocycles. The predicted octanol–water partition coefficient (Wildman–Crippen LogP) is 4.55. The summed E-state index contributed by atoms with van der Waals surface area (Å²) in [6.45, 7) is 3.54. The number of aryl methyl sites for hydroxylation is 1. The van der Waals surface area contributed by atoms with Crippen molar-refractivity contribution < 1.29 is 14.6 Å². The van der Waals surface area contributed by atoms with E-state index in [0.717, 1.165) is 6.54 Å². The monoisotopic (exact) mass is 488 g/mol.